The van der Waals surface area contributed by atoms with Gasteiger partial charge in [0.1, 0.15) is 0 Å². The van der Waals surface area contributed by atoms with E-state index in [9.17, 15) is 4.79 Å². The average molecular weight is 320 g/mol. The van der Waals surface area contributed by atoms with Crippen molar-refractivity contribution in [3.05, 3.63) is 23.8 Å². The number of nitrogens with one attached hydrogen (secondary N) is 1. The topological polar surface area (TPSA) is 60.0 Å². The summed E-state index contributed by atoms with van der Waals surface area (Å²) in [4.78, 5) is 14.3. The van der Waals surface area contributed by atoms with Crippen LogP contribution in [0.4, 0.5) is 0 Å². The summed E-state index contributed by atoms with van der Waals surface area (Å²) in [5.74, 6) is 1.61. The van der Waals surface area contributed by atoms with Gasteiger partial charge in [-0.25, -0.2) is 0 Å². The number of ether oxygens (including phenoxy) is 3. The summed E-state index contributed by atoms with van der Waals surface area (Å²) in [5.41, 5.74) is 1.13. The van der Waals surface area contributed by atoms with Crippen LogP contribution in [0.5, 0.6) is 11.5 Å². The van der Waals surface area contributed by atoms with E-state index in [4.69, 9.17) is 14.2 Å². The molecule has 0 radical (unpaired) electrons. The number of carbonyl (C=O) groups excluding carboxylic acids is 1. The van der Waals surface area contributed by atoms with Crippen molar-refractivity contribution in [2.24, 2.45) is 5.92 Å². The van der Waals surface area contributed by atoms with Crippen LogP contribution in [-0.2, 0) is 9.53 Å². The molecule has 2 heterocycles. The van der Waals surface area contributed by atoms with E-state index in [-0.39, 0.29) is 24.7 Å². The number of morpholine rings is 1. The van der Waals surface area contributed by atoms with E-state index in [1.54, 1.807) is 0 Å². The molecule has 23 heavy (non-hydrogen) atoms. The molecule has 1 fully saturated rings. The van der Waals surface area contributed by atoms with Gasteiger partial charge in [-0.15, -0.1) is 0 Å². The number of benzene rings is 1. The number of rotatable bonds is 5. The van der Waals surface area contributed by atoms with Gasteiger partial charge in [0.15, 0.2) is 11.5 Å². The fourth-order valence-electron chi connectivity index (χ4n) is 2.87. The van der Waals surface area contributed by atoms with E-state index in [2.05, 4.69) is 16.3 Å². The minimum Gasteiger partial charge on any atom is -0.454 e. The summed E-state index contributed by atoms with van der Waals surface area (Å²) in [6, 6.07) is 6.12. The summed E-state index contributed by atoms with van der Waals surface area (Å²) in [7, 11) is 0. The summed E-state index contributed by atoms with van der Waals surface area (Å²) < 4.78 is 16.3. The summed E-state index contributed by atoms with van der Waals surface area (Å²) in [6.07, 6.45) is 0. The molecule has 0 spiro atoms. The maximum absolute atomic E-state index is 11.9. The Hall–Kier alpha value is -1.79. The molecule has 6 heteroatoms. The van der Waals surface area contributed by atoms with Gasteiger partial charge in [-0.3, -0.25) is 9.69 Å². The fraction of sp³-hybridized carbons (Fsp3) is 0.588. The lowest BCUT2D eigenvalue weighted by Crippen LogP contribution is -2.44. The molecule has 1 saturated heterocycles. The van der Waals surface area contributed by atoms with Gasteiger partial charge in [-0.1, -0.05) is 19.9 Å². The van der Waals surface area contributed by atoms with E-state index < -0.39 is 0 Å². The van der Waals surface area contributed by atoms with Gasteiger partial charge in [-0.2, -0.15) is 0 Å². The smallest absolute Gasteiger partial charge is 0.231 e. The standard InChI is InChI=1S/C17H24N2O4/c1-12(2)17(20)18-10-14(19-5-7-21-8-6-19)13-3-4-15-16(9-13)23-11-22-15/h3-4,9,12,14H,5-8,10-11H2,1-2H3,(H,18,20)/t14-/m0/s1. The molecule has 1 aromatic carbocycles. The van der Waals surface area contributed by atoms with Gasteiger partial charge in [-0.05, 0) is 17.7 Å². The predicted molar refractivity (Wildman–Crippen MR) is 85.5 cm³/mol. The van der Waals surface area contributed by atoms with Crippen molar-refractivity contribution in [2.75, 3.05) is 39.6 Å². The summed E-state index contributed by atoms with van der Waals surface area (Å²) in [6.45, 7) is 7.81. The van der Waals surface area contributed by atoms with Crippen LogP contribution in [0.3, 0.4) is 0 Å². The Balaban J connectivity index is 1.77. The zero-order valence-corrected chi connectivity index (χ0v) is 13.7. The molecule has 2 aliphatic heterocycles. The second kappa shape index (κ2) is 7.19. The van der Waals surface area contributed by atoms with E-state index in [1.807, 2.05) is 26.0 Å². The first-order valence-electron chi connectivity index (χ1n) is 8.14. The van der Waals surface area contributed by atoms with Crippen molar-refractivity contribution in [1.29, 1.82) is 0 Å². The molecule has 1 atom stereocenters. The van der Waals surface area contributed by atoms with Gasteiger partial charge < -0.3 is 19.5 Å². The van der Waals surface area contributed by atoms with Crippen molar-refractivity contribution in [3.63, 3.8) is 0 Å². The van der Waals surface area contributed by atoms with E-state index in [0.29, 0.717) is 6.54 Å². The van der Waals surface area contributed by atoms with Crippen molar-refractivity contribution in [2.45, 2.75) is 19.9 Å². The van der Waals surface area contributed by atoms with E-state index >= 15 is 0 Å². The Labute approximate surface area is 136 Å². The Morgan fingerprint density at radius 3 is 2.70 bits per heavy atom. The third-order valence-electron chi connectivity index (χ3n) is 4.26. The molecule has 3 rings (SSSR count). The van der Waals surface area contributed by atoms with Crippen molar-refractivity contribution < 1.29 is 19.0 Å². The van der Waals surface area contributed by atoms with Crippen molar-refractivity contribution in [3.8, 4) is 11.5 Å². The quantitative estimate of drug-likeness (QED) is 0.892. The molecule has 6 nitrogen and oxygen atoms in total. The molecular weight excluding hydrogens is 296 g/mol. The van der Waals surface area contributed by atoms with Gasteiger partial charge in [0.2, 0.25) is 12.7 Å². The molecule has 1 N–H and O–H groups in total. The van der Waals surface area contributed by atoms with Crippen LogP contribution in [0, 0.1) is 5.92 Å². The Morgan fingerprint density at radius 2 is 1.96 bits per heavy atom. The Kier molecular flexibility index (Phi) is 5.03. The van der Waals surface area contributed by atoms with E-state index in [1.165, 1.54) is 0 Å². The van der Waals surface area contributed by atoms with E-state index in [0.717, 1.165) is 43.4 Å². The van der Waals surface area contributed by atoms with Gasteiger partial charge in [0.25, 0.3) is 0 Å². The highest BCUT2D eigenvalue weighted by Gasteiger charge is 2.25. The second-order valence-electron chi connectivity index (χ2n) is 6.18. The lowest BCUT2D eigenvalue weighted by atomic mass is 10.0. The van der Waals surface area contributed by atoms with Crippen LogP contribution in [0.2, 0.25) is 0 Å². The molecule has 0 aromatic heterocycles. The van der Waals surface area contributed by atoms with Crippen LogP contribution in [0.15, 0.2) is 18.2 Å². The van der Waals surface area contributed by atoms with Crippen molar-refractivity contribution in [1.82, 2.24) is 10.2 Å². The summed E-state index contributed by atoms with van der Waals surface area (Å²) >= 11 is 0. The van der Waals surface area contributed by atoms with Crippen molar-refractivity contribution >= 4 is 5.91 Å². The number of fused-ring (bicyclic) bond motifs is 1. The first kappa shape index (κ1) is 16.1. The van der Waals surface area contributed by atoms with Crippen LogP contribution < -0.4 is 14.8 Å². The van der Waals surface area contributed by atoms with Crippen LogP contribution in [0.25, 0.3) is 0 Å². The monoisotopic (exact) mass is 320 g/mol. The number of carbonyl (C=O) groups is 1. The highest BCUT2D eigenvalue weighted by atomic mass is 16.7. The molecule has 126 valence electrons. The minimum absolute atomic E-state index is 0.0166. The number of hydrogen-bond acceptors (Lipinski definition) is 5. The second-order valence-corrected chi connectivity index (χ2v) is 6.18. The Morgan fingerprint density at radius 1 is 1.22 bits per heavy atom. The molecular formula is C17H24N2O4. The normalized spacial score (nSPS) is 18.9. The largest absolute Gasteiger partial charge is 0.454 e. The molecule has 0 bridgehead atoms. The van der Waals surface area contributed by atoms with Crippen LogP contribution in [-0.4, -0.2) is 50.4 Å². The predicted octanol–water partition coefficient (Wildman–Crippen LogP) is 1.56. The zero-order valence-electron chi connectivity index (χ0n) is 13.7. The number of amides is 1. The highest BCUT2D eigenvalue weighted by Crippen LogP contribution is 2.35. The first-order valence-corrected chi connectivity index (χ1v) is 8.14. The average Bonchev–Trinajstić information content (AvgIpc) is 3.03. The number of hydrogen-bond donors (Lipinski definition) is 1. The molecule has 1 aromatic rings. The maximum atomic E-state index is 11.9. The minimum atomic E-state index is -0.0166. The molecule has 0 unspecified atom stereocenters. The number of nitrogens with zero attached hydrogens (tertiary/aromatic N) is 1. The zero-order chi connectivity index (χ0) is 16.2. The lowest BCUT2D eigenvalue weighted by molar-refractivity contribution is -0.124. The van der Waals surface area contributed by atoms with Gasteiger partial charge >= 0.3 is 0 Å². The first-order chi connectivity index (χ1) is 11.1. The van der Waals surface area contributed by atoms with Crippen LogP contribution in [0.1, 0.15) is 25.5 Å². The molecule has 2 aliphatic rings. The highest BCUT2D eigenvalue weighted by molar-refractivity contribution is 5.77. The third-order valence-corrected chi connectivity index (χ3v) is 4.26. The lowest BCUT2D eigenvalue weighted by Gasteiger charge is -2.35. The molecule has 0 saturated carbocycles. The summed E-state index contributed by atoms with van der Waals surface area (Å²) in [5, 5.41) is 3.05. The Bertz CT molecular complexity index is 556. The van der Waals surface area contributed by atoms with Crippen LogP contribution >= 0.6 is 0 Å². The third kappa shape index (κ3) is 3.76. The molecule has 1 amide bonds. The SMILES string of the molecule is CC(C)C(=O)NC[C@@H](c1ccc2c(c1)OCO2)N1CCOCC1. The fourth-order valence-corrected chi connectivity index (χ4v) is 2.87. The maximum Gasteiger partial charge on any atom is 0.231 e. The van der Waals surface area contributed by atoms with Gasteiger partial charge in [0, 0.05) is 25.6 Å². The molecule has 0 aliphatic carbocycles. The van der Waals surface area contributed by atoms with Gasteiger partial charge in [0.05, 0.1) is 19.3 Å².